The highest BCUT2D eigenvalue weighted by molar-refractivity contribution is 9.10. The van der Waals surface area contributed by atoms with Crippen LogP contribution in [0.25, 0.3) is 0 Å². The SMILES string of the molecule is CC1CCC(C(=O)c2c(Br)nnn2C)O1. The largest absolute Gasteiger partial charge is 0.367 e. The number of carbonyl (C=O) groups is 1. The zero-order valence-corrected chi connectivity index (χ0v) is 10.2. The van der Waals surface area contributed by atoms with Crippen LogP contribution in [0.2, 0.25) is 0 Å². The van der Waals surface area contributed by atoms with Gasteiger partial charge in [0.15, 0.2) is 4.60 Å². The van der Waals surface area contributed by atoms with Crippen molar-refractivity contribution in [2.45, 2.75) is 32.0 Å². The molecule has 2 heterocycles. The van der Waals surface area contributed by atoms with Crippen LogP contribution in [0.1, 0.15) is 30.3 Å². The van der Waals surface area contributed by atoms with Gasteiger partial charge in [0.1, 0.15) is 11.8 Å². The van der Waals surface area contributed by atoms with Crippen molar-refractivity contribution < 1.29 is 9.53 Å². The summed E-state index contributed by atoms with van der Waals surface area (Å²) >= 11 is 3.21. The van der Waals surface area contributed by atoms with E-state index in [-0.39, 0.29) is 18.0 Å². The third kappa shape index (κ3) is 1.96. The lowest BCUT2D eigenvalue weighted by atomic mass is 10.1. The van der Waals surface area contributed by atoms with E-state index < -0.39 is 0 Å². The maximum atomic E-state index is 12.0. The molecule has 82 valence electrons. The molecule has 2 rings (SSSR count). The Morgan fingerprint density at radius 1 is 1.60 bits per heavy atom. The molecule has 0 aliphatic carbocycles. The van der Waals surface area contributed by atoms with Gasteiger partial charge in [0.25, 0.3) is 0 Å². The minimum absolute atomic E-state index is 0.0428. The quantitative estimate of drug-likeness (QED) is 0.763. The Bertz CT molecular complexity index is 371. The average Bonchev–Trinajstić information content (AvgIpc) is 2.73. The van der Waals surface area contributed by atoms with E-state index >= 15 is 0 Å². The second kappa shape index (κ2) is 4.02. The first-order valence-electron chi connectivity index (χ1n) is 4.84. The normalized spacial score (nSPS) is 25.8. The summed E-state index contributed by atoms with van der Waals surface area (Å²) in [6.45, 7) is 1.98. The Hall–Kier alpha value is -0.750. The molecule has 1 aromatic heterocycles. The lowest BCUT2D eigenvalue weighted by Crippen LogP contribution is -2.23. The Morgan fingerprint density at radius 2 is 2.33 bits per heavy atom. The molecule has 2 atom stereocenters. The van der Waals surface area contributed by atoms with Gasteiger partial charge in [0.2, 0.25) is 5.78 Å². The van der Waals surface area contributed by atoms with E-state index in [1.54, 1.807) is 7.05 Å². The van der Waals surface area contributed by atoms with Crippen LogP contribution in [0, 0.1) is 0 Å². The second-order valence-corrected chi connectivity index (χ2v) is 4.48. The van der Waals surface area contributed by atoms with Crippen LogP contribution in [0.4, 0.5) is 0 Å². The van der Waals surface area contributed by atoms with Gasteiger partial charge in [0.05, 0.1) is 6.10 Å². The van der Waals surface area contributed by atoms with Gasteiger partial charge in [-0.2, -0.15) is 0 Å². The van der Waals surface area contributed by atoms with Crippen molar-refractivity contribution in [3.63, 3.8) is 0 Å². The van der Waals surface area contributed by atoms with Gasteiger partial charge in [-0.1, -0.05) is 5.21 Å². The lowest BCUT2D eigenvalue weighted by molar-refractivity contribution is 0.0425. The van der Waals surface area contributed by atoms with E-state index in [1.165, 1.54) is 4.68 Å². The maximum absolute atomic E-state index is 12.0. The van der Waals surface area contributed by atoms with Crippen LogP contribution < -0.4 is 0 Å². The Morgan fingerprint density at radius 3 is 2.80 bits per heavy atom. The molecule has 0 radical (unpaired) electrons. The number of rotatable bonds is 2. The predicted molar refractivity (Wildman–Crippen MR) is 56.6 cm³/mol. The smallest absolute Gasteiger partial charge is 0.212 e. The first-order valence-corrected chi connectivity index (χ1v) is 5.63. The van der Waals surface area contributed by atoms with E-state index in [0.29, 0.717) is 10.3 Å². The molecule has 5 nitrogen and oxygen atoms in total. The number of ether oxygens (including phenoxy) is 1. The number of carbonyl (C=O) groups excluding carboxylic acids is 1. The number of hydrogen-bond donors (Lipinski definition) is 0. The third-order valence-corrected chi connectivity index (χ3v) is 3.08. The second-order valence-electron chi connectivity index (χ2n) is 3.73. The van der Waals surface area contributed by atoms with E-state index in [0.717, 1.165) is 12.8 Å². The van der Waals surface area contributed by atoms with Gasteiger partial charge in [0, 0.05) is 7.05 Å². The first kappa shape index (κ1) is 10.8. The van der Waals surface area contributed by atoms with Crippen LogP contribution >= 0.6 is 15.9 Å². The van der Waals surface area contributed by atoms with Crippen LogP contribution in [-0.2, 0) is 11.8 Å². The number of aromatic nitrogens is 3. The summed E-state index contributed by atoms with van der Waals surface area (Å²) in [6.07, 6.45) is 1.53. The number of hydrogen-bond acceptors (Lipinski definition) is 4. The van der Waals surface area contributed by atoms with Crippen LogP contribution in [0.3, 0.4) is 0 Å². The van der Waals surface area contributed by atoms with Gasteiger partial charge in [-0.05, 0) is 35.7 Å². The molecule has 1 aromatic rings. The molecule has 1 aliphatic heterocycles. The molecule has 1 saturated heterocycles. The minimum atomic E-state index is -0.339. The molecular weight excluding hydrogens is 262 g/mol. The zero-order valence-electron chi connectivity index (χ0n) is 8.61. The van der Waals surface area contributed by atoms with Gasteiger partial charge >= 0.3 is 0 Å². The molecule has 2 unspecified atom stereocenters. The fourth-order valence-electron chi connectivity index (χ4n) is 1.74. The van der Waals surface area contributed by atoms with E-state index in [4.69, 9.17) is 4.74 Å². The zero-order chi connectivity index (χ0) is 11.0. The van der Waals surface area contributed by atoms with Crippen LogP contribution in [0.5, 0.6) is 0 Å². The Kier molecular flexibility index (Phi) is 2.88. The summed E-state index contributed by atoms with van der Waals surface area (Å²) in [7, 11) is 1.70. The predicted octanol–water partition coefficient (Wildman–Crippen LogP) is 1.33. The fourth-order valence-corrected chi connectivity index (χ4v) is 2.26. The van der Waals surface area contributed by atoms with Crippen molar-refractivity contribution in [1.29, 1.82) is 0 Å². The number of ketones is 1. The van der Waals surface area contributed by atoms with Crippen molar-refractivity contribution >= 4 is 21.7 Å². The van der Waals surface area contributed by atoms with Crippen LogP contribution in [-0.4, -0.2) is 33.0 Å². The van der Waals surface area contributed by atoms with Crippen molar-refractivity contribution in [2.24, 2.45) is 7.05 Å². The van der Waals surface area contributed by atoms with Crippen molar-refractivity contribution in [1.82, 2.24) is 15.0 Å². The molecule has 0 saturated carbocycles. The topological polar surface area (TPSA) is 57.0 Å². The average molecular weight is 274 g/mol. The molecule has 0 aromatic carbocycles. The van der Waals surface area contributed by atoms with Crippen LogP contribution in [0.15, 0.2) is 4.60 Å². The number of nitrogens with zero attached hydrogens (tertiary/aromatic N) is 3. The molecule has 0 amide bonds. The highest BCUT2D eigenvalue weighted by Gasteiger charge is 2.32. The summed E-state index contributed by atoms with van der Waals surface area (Å²) in [5.41, 5.74) is 0.481. The molecule has 0 bridgehead atoms. The third-order valence-electron chi connectivity index (χ3n) is 2.54. The Balaban J connectivity index is 2.21. The summed E-state index contributed by atoms with van der Waals surface area (Å²) in [6, 6.07) is 0. The molecular formula is C9H12BrN3O2. The maximum Gasteiger partial charge on any atom is 0.212 e. The molecule has 0 spiro atoms. The van der Waals surface area contributed by atoms with E-state index in [2.05, 4.69) is 26.2 Å². The fraction of sp³-hybridized carbons (Fsp3) is 0.667. The molecule has 0 N–H and O–H groups in total. The first-order chi connectivity index (χ1) is 7.09. The monoisotopic (exact) mass is 273 g/mol. The van der Waals surface area contributed by atoms with Gasteiger partial charge in [-0.3, -0.25) is 4.79 Å². The van der Waals surface area contributed by atoms with Gasteiger partial charge < -0.3 is 4.74 Å². The number of Topliss-reactive ketones (excluding diaryl/α,β-unsaturated/α-hetero) is 1. The molecule has 1 aliphatic rings. The molecule has 15 heavy (non-hydrogen) atoms. The standard InChI is InChI=1S/C9H12BrN3O2/c1-5-3-4-6(15-5)8(14)7-9(10)11-12-13(7)2/h5-6H,3-4H2,1-2H3. The van der Waals surface area contributed by atoms with Crippen molar-refractivity contribution in [3.8, 4) is 0 Å². The van der Waals surface area contributed by atoms with E-state index in [9.17, 15) is 4.79 Å². The summed E-state index contributed by atoms with van der Waals surface area (Å²) in [5.74, 6) is -0.0428. The van der Waals surface area contributed by atoms with Crippen molar-refractivity contribution in [3.05, 3.63) is 10.3 Å². The highest BCUT2D eigenvalue weighted by Crippen LogP contribution is 2.24. The highest BCUT2D eigenvalue weighted by atomic mass is 79.9. The van der Waals surface area contributed by atoms with Gasteiger partial charge in [-0.25, -0.2) is 4.68 Å². The lowest BCUT2D eigenvalue weighted by Gasteiger charge is -2.09. The minimum Gasteiger partial charge on any atom is -0.367 e. The number of aryl methyl sites for hydroxylation is 1. The number of halogens is 1. The summed E-state index contributed by atoms with van der Waals surface area (Å²) in [4.78, 5) is 12.0. The van der Waals surface area contributed by atoms with E-state index in [1.807, 2.05) is 6.92 Å². The molecule has 6 heteroatoms. The summed E-state index contributed by atoms with van der Waals surface area (Å²) < 4.78 is 7.47. The van der Waals surface area contributed by atoms with Crippen molar-refractivity contribution in [2.75, 3.05) is 0 Å². The van der Waals surface area contributed by atoms with Gasteiger partial charge in [-0.15, -0.1) is 5.10 Å². The Labute approximate surface area is 95.9 Å². The summed E-state index contributed by atoms with van der Waals surface area (Å²) in [5, 5.41) is 7.55. The molecule has 1 fully saturated rings.